The second-order valence-electron chi connectivity index (χ2n) is 5.09. The van der Waals surface area contributed by atoms with Gasteiger partial charge in [0.05, 0.1) is 7.11 Å². The van der Waals surface area contributed by atoms with Gasteiger partial charge in [0.15, 0.2) is 0 Å². The van der Waals surface area contributed by atoms with E-state index in [2.05, 4.69) is 15.3 Å². The number of rotatable bonds is 6. The number of aromatic nitrogens is 2. The molecule has 0 saturated carbocycles. The maximum Gasteiger partial charge on any atom is 0.226 e. The number of hydrogen-bond donors (Lipinski definition) is 2. The van der Waals surface area contributed by atoms with Crippen LogP contribution in [0, 0.1) is 0 Å². The van der Waals surface area contributed by atoms with Gasteiger partial charge in [0.25, 0.3) is 0 Å². The zero-order valence-electron chi connectivity index (χ0n) is 15.3. The molecule has 0 fully saturated rings. The molecular weight excluding hydrogens is 328 g/mol. The molecular formula is C20H24N4O2. The topological polar surface area (TPSA) is 82.3 Å². The van der Waals surface area contributed by atoms with Gasteiger partial charge in [0, 0.05) is 24.5 Å². The third-order valence-corrected chi connectivity index (χ3v) is 3.34. The lowest BCUT2D eigenvalue weighted by molar-refractivity contribution is 0.414. The molecule has 0 amide bonds. The first-order valence-electron chi connectivity index (χ1n) is 8.46. The van der Waals surface area contributed by atoms with Crippen LogP contribution >= 0.6 is 0 Å². The zero-order chi connectivity index (χ0) is 18.8. The lowest BCUT2D eigenvalue weighted by atomic mass is 10.2. The van der Waals surface area contributed by atoms with E-state index in [0.717, 1.165) is 11.3 Å². The summed E-state index contributed by atoms with van der Waals surface area (Å²) in [5.74, 6) is 2.46. The van der Waals surface area contributed by atoms with Crippen LogP contribution < -0.4 is 20.5 Å². The van der Waals surface area contributed by atoms with Crippen molar-refractivity contribution in [3.05, 3.63) is 66.4 Å². The van der Waals surface area contributed by atoms with Crippen LogP contribution in [0.15, 0.2) is 60.8 Å². The van der Waals surface area contributed by atoms with Gasteiger partial charge in [-0.05, 0) is 42.0 Å². The van der Waals surface area contributed by atoms with Crippen LogP contribution in [0.1, 0.15) is 19.4 Å². The van der Waals surface area contributed by atoms with E-state index < -0.39 is 0 Å². The van der Waals surface area contributed by atoms with Crippen molar-refractivity contribution in [2.45, 2.75) is 20.4 Å². The second kappa shape index (κ2) is 9.88. The summed E-state index contributed by atoms with van der Waals surface area (Å²) in [5, 5.41) is 3.17. The monoisotopic (exact) mass is 352 g/mol. The van der Waals surface area contributed by atoms with Gasteiger partial charge in [0.1, 0.15) is 11.5 Å². The number of ether oxygens (including phenoxy) is 2. The Hall–Kier alpha value is -3.28. The highest BCUT2D eigenvalue weighted by Crippen LogP contribution is 2.21. The first-order chi connectivity index (χ1) is 12.7. The fourth-order valence-electron chi connectivity index (χ4n) is 2.07. The Morgan fingerprint density at radius 1 is 0.923 bits per heavy atom. The quantitative estimate of drug-likeness (QED) is 0.636. The molecule has 3 N–H and O–H groups in total. The van der Waals surface area contributed by atoms with Crippen LogP contribution in [0.2, 0.25) is 0 Å². The summed E-state index contributed by atoms with van der Waals surface area (Å²) in [6.07, 6.45) is 1.65. The summed E-state index contributed by atoms with van der Waals surface area (Å²) < 4.78 is 10.8. The largest absolute Gasteiger partial charge is 0.497 e. The van der Waals surface area contributed by atoms with Crippen molar-refractivity contribution in [2.75, 3.05) is 18.2 Å². The van der Waals surface area contributed by atoms with Gasteiger partial charge in [-0.3, -0.25) is 0 Å². The molecule has 1 aromatic heterocycles. The maximum atomic E-state index is 5.69. The molecule has 136 valence electrons. The smallest absolute Gasteiger partial charge is 0.226 e. The summed E-state index contributed by atoms with van der Waals surface area (Å²) in [7, 11) is 1.65. The lowest BCUT2D eigenvalue weighted by Gasteiger charge is -2.08. The van der Waals surface area contributed by atoms with Crippen LogP contribution in [0.4, 0.5) is 11.6 Å². The molecule has 6 nitrogen and oxygen atoms in total. The molecule has 3 rings (SSSR count). The summed E-state index contributed by atoms with van der Waals surface area (Å²) in [6.45, 7) is 4.61. The van der Waals surface area contributed by atoms with E-state index in [4.69, 9.17) is 15.2 Å². The Labute approximate surface area is 154 Å². The van der Waals surface area contributed by atoms with Crippen molar-refractivity contribution >= 4 is 11.6 Å². The number of anilines is 2. The lowest BCUT2D eigenvalue weighted by Crippen LogP contribution is -2.04. The molecule has 26 heavy (non-hydrogen) atoms. The average molecular weight is 352 g/mol. The summed E-state index contributed by atoms with van der Waals surface area (Å²) in [6, 6.07) is 16.6. The molecule has 0 unspecified atom stereocenters. The normalized spacial score (nSPS) is 9.65. The summed E-state index contributed by atoms with van der Waals surface area (Å²) in [4.78, 5) is 8.54. The number of methoxy groups -OCH3 is 1. The average Bonchev–Trinajstić information content (AvgIpc) is 2.70. The van der Waals surface area contributed by atoms with E-state index >= 15 is 0 Å². The van der Waals surface area contributed by atoms with Crippen molar-refractivity contribution < 1.29 is 9.47 Å². The van der Waals surface area contributed by atoms with Crippen LogP contribution in [0.5, 0.6) is 17.4 Å². The Morgan fingerprint density at radius 2 is 1.58 bits per heavy atom. The van der Waals surface area contributed by atoms with E-state index in [1.165, 1.54) is 0 Å². The molecule has 0 spiro atoms. The van der Waals surface area contributed by atoms with Gasteiger partial charge in [-0.25, -0.2) is 4.98 Å². The van der Waals surface area contributed by atoms with Crippen LogP contribution in [0.3, 0.4) is 0 Å². The van der Waals surface area contributed by atoms with Crippen LogP contribution in [-0.2, 0) is 6.54 Å². The van der Waals surface area contributed by atoms with Crippen LogP contribution in [-0.4, -0.2) is 17.1 Å². The SMILES string of the molecule is CC.COc1ccc(CNc2nccc(Oc3ccc(N)cc3)n2)cc1. The molecule has 6 heteroatoms. The Morgan fingerprint density at radius 3 is 2.23 bits per heavy atom. The van der Waals surface area contributed by atoms with Crippen LogP contribution in [0.25, 0.3) is 0 Å². The van der Waals surface area contributed by atoms with Crippen molar-refractivity contribution in [2.24, 2.45) is 0 Å². The molecule has 0 aliphatic rings. The second-order valence-corrected chi connectivity index (χ2v) is 5.09. The van der Waals surface area contributed by atoms with Gasteiger partial charge in [-0.2, -0.15) is 4.98 Å². The minimum atomic E-state index is 0.465. The molecule has 3 aromatic rings. The number of hydrogen-bond acceptors (Lipinski definition) is 6. The van der Waals surface area contributed by atoms with Gasteiger partial charge in [-0.1, -0.05) is 26.0 Å². The van der Waals surface area contributed by atoms with E-state index in [1.54, 1.807) is 43.6 Å². The Kier molecular flexibility index (Phi) is 7.24. The van der Waals surface area contributed by atoms with E-state index in [9.17, 15) is 0 Å². The van der Waals surface area contributed by atoms with E-state index in [-0.39, 0.29) is 0 Å². The molecule has 0 aliphatic heterocycles. The fourth-order valence-corrected chi connectivity index (χ4v) is 2.07. The van der Waals surface area contributed by atoms with Crippen molar-refractivity contribution in [1.82, 2.24) is 9.97 Å². The highest BCUT2D eigenvalue weighted by molar-refractivity contribution is 5.42. The fraction of sp³-hybridized carbons (Fsp3) is 0.200. The molecule has 2 aromatic carbocycles. The highest BCUT2D eigenvalue weighted by atomic mass is 16.5. The number of nitrogens with zero attached hydrogens (tertiary/aromatic N) is 2. The number of nitrogens with two attached hydrogens (primary N) is 1. The Balaban J connectivity index is 0.00000117. The van der Waals surface area contributed by atoms with E-state index in [1.807, 2.05) is 38.1 Å². The van der Waals surface area contributed by atoms with Gasteiger partial charge in [0.2, 0.25) is 11.8 Å². The van der Waals surface area contributed by atoms with E-state index in [0.29, 0.717) is 29.8 Å². The van der Waals surface area contributed by atoms with Gasteiger partial charge >= 0.3 is 0 Å². The van der Waals surface area contributed by atoms with Crippen molar-refractivity contribution in [3.8, 4) is 17.4 Å². The standard InChI is InChI=1S/C18H18N4O2.C2H6/c1-23-15-6-2-13(3-7-15)12-21-18-20-11-10-17(22-18)24-16-8-4-14(19)5-9-16;1-2/h2-11H,12,19H2,1H3,(H,20,21,22);1-2H3. The summed E-state index contributed by atoms with van der Waals surface area (Å²) >= 11 is 0. The number of benzene rings is 2. The first kappa shape index (κ1) is 19.1. The molecule has 0 saturated heterocycles. The predicted octanol–water partition coefficient (Wildman–Crippen LogP) is 4.50. The number of nitrogen functional groups attached to an aromatic ring is 1. The molecule has 0 bridgehead atoms. The van der Waals surface area contributed by atoms with Crippen molar-refractivity contribution in [1.29, 1.82) is 0 Å². The predicted molar refractivity (Wildman–Crippen MR) is 105 cm³/mol. The Bertz CT molecular complexity index is 790. The van der Waals surface area contributed by atoms with Crippen molar-refractivity contribution in [3.63, 3.8) is 0 Å². The molecule has 0 radical (unpaired) electrons. The summed E-state index contributed by atoms with van der Waals surface area (Å²) in [5.41, 5.74) is 7.45. The number of nitrogens with one attached hydrogen (secondary N) is 1. The molecule has 0 atom stereocenters. The first-order valence-corrected chi connectivity index (χ1v) is 8.46. The highest BCUT2D eigenvalue weighted by Gasteiger charge is 2.02. The third kappa shape index (κ3) is 5.66. The minimum absolute atomic E-state index is 0.465. The minimum Gasteiger partial charge on any atom is -0.497 e. The van der Waals surface area contributed by atoms with Gasteiger partial charge in [-0.15, -0.1) is 0 Å². The third-order valence-electron chi connectivity index (χ3n) is 3.34. The zero-order valence-corrected chi connectivity index (χ0v) is 15.3. The van der Waals surface area contributed by atoms with Gasteiger partial charge < -0.3 is 20.5 Å². The molecule has 0 aliphatic carbocycles. The molecule has 1 heterocycles. The maximum absolute atomic E-state index is 5.69.